The Labute approximate surface area is 337 Å². The average molecular weight is 892 g/mol. The van der Waals surface area contributed by atoms with Crippen LogP contribution >= 0.6 is 0 Å². The first-order valence-corrected chi connectivity index (χ1v) is 18.5. The van der Waals surface area contributed by atoms with Crippen molar-refractivity contribution in [3.63, 3.8) is 0 Å². The maximum Gasteiger partial charge on any atom is 2.00 e. The van der Waals surface area contributed by atoms with Gasteiger partial charge in [0.25, 0.3) is 0 Å². The number of hydrogen-bond donors (Lipinski definition) is 0. The van der Waals surface area contributed by atoms with Gasteiger partial charge >= 0.3 is 21.1 Å². The Kier molecular flexibility index (Phi) is 8.44. The van der Waals surface area contributed by atoms with E-state index in [-0.39, 0.29) is 27.8 Å². The molecule has 0 amide bonds. The zero-order valence-electron chi connectivity index (χ0n) is 31.6. The van der Waals surface area contributed by atoms with Crippen LogP contribution in [0.3, 0.4) is 0 Å². The number of para-hydroxylation sites is 2. The van der Waals surface area contributed by atoms with E-state index in [0.717, 1.165) is 61.6 Å². The molecular weight excluding hydrogens is 854 g/mol. The van der Waals surface area contributed by atoms with Crippen LogP contribution in [0.25, 0.3) is 33.8 Å². The van der Waals surface area contributed by atoms with E-state index in [1.165, 1.54) is 50.2 Å². The number of pyridine rings is 1. The van der Waals surface area contributed by atoms with E-state index >= 15 is 0 Å². The Hall–Kier alpha value is -5.71. The van der Waals surface area contributed by atoms with Crippen molar-refractivity contribution in [2.45, 2.75) is 41.5 Å². The van der Waals surface area contributed by atoms with Crippen LogP contribution in [0.2, 0.25) is 0 Å². The first-order valence-electron chi connectivity index (χ1n) is 18.5. The van der Waals surface area contributed by atoms with E-state index in [4.69, 9.17) is 14.4 Å². The zero-order chi connectivity index (χ0) is 36.8. The van der Waals surface area contributed by atoms with E-state index in [9.17, 15) is 0 Å². The van der Waals surface area contributed by atoms with Gasteiger partial charge in [0.1, 0.15) is 11.5 Å². The van der Waals surface area contributed by atoms with Crippen molar-refractivity contribution in [3.8, 4) is 22.7 Å². The molecule has 6 aromatic carbocycles. The summed E-state index contributed by atoms with van der Waals surface area (Å²) in [5, 5.41) is 0. The number of hydrogen-bond acceptors (Lipinski definition) is 5. The summed E-state index contributed by atoms with van der Waals surface area (Å²) in [7, 11) is 0. The number of fused-ring (bicyclic) bond motifs is 5. The van der Waals surface area contributed by atoms with Crippen molar-refractivity contribution < 1.29 is 25.5 Å². The molecule has 2 aliphatic rings. The van der Waals surface area contributed by atoms with Crippen LogP contribution in [0.1, 0.15) is 33.4 Å². The molecule has 10 rings (SSSR count). The van der Waals surface area contributed by atoms with Gasteiger partial charge in [-0.1, -0.05) is 71.3 Å². The topological polar surface area (TPSA) is 45.4 Å². The molecule has 2 aliphatic heterocycles. The quantitative estimate of drug-likeness (QED) is 0.130. The van der Waals surface area contributed by atoms with Gasteiger partial charge in [0.15, 0.2) is 0 Å². The van der Waals surface area contributed by atoms with Gasteiger partial charge in [0.2, 0.25) is 6.71 Å². The Morgan fingerprint density at radius 1 is 0.564 bits per heavy atom. The van der Waals surface area contributed by atoms with Gasteiger partial charge in [-0.15, -0.1) is 52.9 Å². The summed E-state index contributed by atoms with van der Waals surface area (Å²) in [5.41, 5.74) is 21.9. The third kappa shape index (κ3) is 5.49. The molecule has 0 fully saturated rings. The Morgan fingerprint density at radius 2 is 1.11 bits per heavy atom. The van der Waals surface area contributed by atoms with Crippen LogP contribution in [0, 0.1) is 53.7 Å². The van der Waals surface area contributed by atoms with Crippen molar-refractivity contribution in [2.75, 3.05) is 9.80 Å². The molecule has 7 heteroatoms. The molecule has 0 aliphatic carbocycles. The Bertz CT molecular complexity index is 2740. The van der Waals surface area contributed by atoms with Crippen LogP contribution in [0.4, 0.5) is 34.1 Å². The molecule has 0 N–H and O–H groups in total. The van der Waals surface area contributed by atoms with Crippen molar-refractivity contribution >= 4 is 68.3 Å². The number of nitrogens with zero attached hydrogens (tertiary/aromatic N) is 4. The smallest absolute Gasteiger partial charge is 0.481 e. The van der Waals surface area contributed by atoms with Gasteiger partial charge in [-0.3, -0.25) is 4.98 Å². The second kappa shape index (κ2) is 13.2. The molecule has 0 radical (unpaired) electrons. The second-order valence-electron chi connectivity index (χ2n) is 14.9. The van der Waals surface area contributed by atoms with Gasteiger partial charge in [0.05, 0.1) is 5.52 Å². The average Bonchev–Trinajstić information content (AvgIpc) is 3.60. The summed E-state index contributed by atoms with van der Waals surface area (Å²) in [5.74, 6) is 0.558. The second-order valence-corrected chi connectivity index (χ2v) is 14.9. The number of rotatable bonds is 4. The van der Waals surface area contributed by atoms with E-state index in [0.29, 0.717) is 5.89 Å². The summed E-state index contributed by atoms with van der Waals surface area (Å²) < 4.78 is 6.36. The van der Waals surface area contributed by atoms with Gasteiger partial charge in [-0.2, -0.15) is 0 Å². The van der Waals surface area contributed by atoms with Crippen molar-refractivity contribution in [2.24, 2.45) is 0 Å². The third-order valence-corrected chi connectivity index (χ3v) is 11.0. The number of aryl methyl sites for hydroxylation is 6. The van der Waals surface area contributed by atoms with Gasteiger partial charge < -0.3 is 19.2 Å². The molecule has 4 heterocycles. The monoisotopic (exact) mass is 891 g/mol. The minimum absolute atomic E-state index is 0. The fourth-order valence-electron chi connectivity index (χ4n) is 9.07. The predicted octanol–water partition coefficient (Wildman–Crippen LogP) is 10.1. The molecule has 8 aromatic rings. The molecule has 55 heavy (non-hydrogen) atoms. The first-order chi connectivity index (χ1) is 26.2. The summed E-state index contributed by atoms with van der Waals surface area (Å²) >= 11 is 0. The largest absolute Gasteiger partial charge is 2.00 e. The van der Waals surface area contributed by atoms with E-state index in [1.807, 2.05) is 42.6 Å². The standard InChI is InChI=1S/C48H37BN4O.Pt/c1-28-22-30(3)46(31(4)23-28)52-40-19-17-34(38-12-9-10-21-50-38)26-36(40)49-37-27-35(48-51-39-13-7-8-16-44(39)54-48)18-20-41(37)53(43-15-11-14-42(52)45(43)49)47-32(5)24-29(2)25-33(47)6;/h7-25H,1-6H3;/q-2;+2. The van der Waals surface area contributed by atoms with Crippen LogP contribution in [-0.2, 0) is 21.1 Å². The zero-order valence-corrected chi connectivity index (χ0v) is 33.8. The SMILES string of the molecule is Cc1cc(C)c(N2c3ccc(-c4ccccn4)[c-]c3B3c4[c-]c(-c5nc6ccccc6o5)ccc4N(c4c(C)cc(C)cc4C)c4cccc2c43)c(C)c1.[Pt+2]. The molecule has 0 saturated heterocycles. The van der Waals surface area contributed by atoms with E-state index in [2.05, 4.69) is 136 Å². The van der Waals surface area contributed by atoms with E-state index < -0.39 is 0 Å². The molecule has 0 saturated carbocycles. The molecule has 0 spiro atoms. The Balaban J connectivity index is 0.00000397. The summed E-state index contributed by atoms with van der Waals surface area (Å²) in [6, 6.07) is 46.5. The number of benzene rings is 6. The molecule has 0 bridgehead atoms. The summed E-state index contributed by atoms with van der Waals surface area (Å²) in [6.07, 6.45) is 1.85. The van der Waals surface area contributed by atoms with Gasteiger partial charge in [0, 0.05) is 28.9 Å². The van der Waals surface area contributed by atoms with Gasteiger partial charge in [-0.25, -0.2) is 0 Å². The molecular formula is C48H37BN4OPt. The minimum atomic E-state index is -0.182. The van der Waals surface area contributed by atoms with Gasteiger partial charge in [-0.05, 0) is 117 Å². The minimum Gasteiger partial charge on any atom is -0.481 e. The maximum absolute atomic E-state index is 6.36. The third-order valence-electron chi connectivity index (χ3n) is 11.0. The maximum atomic E-state index is 6.36. The van der Waals surface area contributed by atoms with Crippen LogP contribution in [0.5, 0.6) is 0 Å². The fraction of sp³-hybridized carbons (Fsp3) is 0.125. The van der Waals surface area contributed by atoms with Crippen LogP contribution < -0.4 is 26.2 Å². The van der Waals surface area contributed by atoms with Crippen molar-refractivity contribution in [3.05, 3.63) is 161 Å². The first kappa shape index (κ1) is 35.0. The normalized spacial score (nSPS) is 12.7. The number of anilines is 6. The molecule has 5 nitrogen and oxygen atoms in total. The Morgan fingerprint density at radius 3 is 1.67 bits per heavy atom. The van der Waals surface area contributed by atoms with Crippen LogP contribution in [-0.4, -0.2) is 16.7 Å². The summed E-state index contributed by atoms with van der Waals surface area (Å²) in [6.45, 7) is 13.1. The van der Waals surface area contributed by atoms with Crippen molar-refractivity contribution in [1.82, 2.24) is 9.97 Å². The van der Waals surface area contributed by atoms with Crippen LogP contribution in [0.15, 0.2) is 120 Å². The number of oxazole rings is 1. The molecule has 0 unspecified atom stereocenters. The van der Waals surface area contributed by atoms with E-state index in [1.54, 1.807) is 0 Å². The number of aromatic nitrogens is 2. The molecule has 2 aromatic heterocycles. The predicted molar refractivity (Wildman–Crippen MR) is 223 cm³/mol. The summed E-state index contributed by atoms with van der Waals surface area (Å²) in [4.78, 5) is 14.6. The molecule has 0 atom stereocenters. The molecule has 268 valence electrons. The fourth-order valence-corrected chi connectivity index (χ4v) is 9.07. The van der Waals surface area contributed by atoms with Crippen molar-refractivity contribution in [1.29, 1.82) is 0 Å².